The lowest BCUT2D eigenvalue weighted by Gasteiger charge is -2.01. The fraction of sp³-hybridized carbons (Fsp3) is 0.0667. The van der Waals surface area contributed by atoms with Gasteiger partial charge in [0.15, 0.2) is 0 Å². The highest BCUT2D eigenvalue weighted by molar-refractivity contribution is 5.71. The van der Waals surface area contributed by atoms with Crippen LogP contribution in [0.25, 0.3) is 11.3 Å². The Morgan fingerprint density at radius 2 is 1.95 bits per heavy atom. The normalized spacial score (nSPS) is 10.7. The minimum atomic E-state index is -0.246. The van der Waals surface area contributed by atoms with Crippen molar-refractivity contribution < 1.29 is 4.39 Å². The number of nitrogens with two attached hydrogens (primary N) is 1. The van der Waals surface area contributed by atoms with E-state index in [1.54, 1.807) is 35.4 Å². The van der Waals surface area contributed by atoms with E-state index in [0.29, 0.717) is 17.9 Å². The number of hydrogen-bond donors (Lipinski definition) is 1. The Morgan fingerprint density at radius 1 is 1.15 bits per heavy atom. The number of hydrogen-bond acceptors (Lipinski definition) is 3. The van der Waals surface area contributed by atoms with Crippen LogP contribution in [0.1, 0.15) is 5.56 Å². The summed E-state index contributed by atoms with van der Waals surface area (Å²) in [4.78, 5) is 4.06. The maximum atomic E-state index is 12.9. The summed E-state index contributed by atoms with van der Waals surface area (Å²) in [5.74, 6) is -0.246. The Kier molecular flexibility index (Phi) is 3.16. The molecule has 0 amide bonds. The molecule has 0 atom stereocenters. The summed E-state index contributed by atoms with van der Waals surface area (Å²) < 4.78 is 14.6. The van der Waals surface area contributed by atoms with Crippen molar-refractivity contribution in [1.82, 2.24) is 14.8 Å². The molecule has 0 aliphatic heterocycles. The summed E-state index contributed by atoms with van der Waals surface area (Å²) >= 11 is 0. The van der Waals surface area contributed by atoms with Crippen LogP contribution >= 0.6 is 0 Å². The summed E-state index contributed by atoms with van der Waals surface area (Å²) in [6.07, 6.45) is 5.20. The molecule has 0 bridgehead atoms. The highest BCUT2D eigenvalue weighted by Gasteiger charge is 2.08. The zero-order valence-electron chi connectivity index (χ0n) is 10.7. The predicted octanol–water partition coefficient (Wildman–Crippen LogP) is 2.71. The fourth-order valence-corrected chi connectivity index (χ4v) is 2.02. The van der Waals surface area contributed by atoms with Crippen LogP contribution in [0.4, 0.5) is 10.1 Å². The highest BCUT2D eigenvalue weighted by atomic mass is 19.1. The molecule has 3 rings (SSSR count). The number of anilines is 1. The molecule has 0 spiro atoms. The van der Waals surface area contributed by atoms with Gasteiger partial charge in [0.1, 0.15) is 11.5 Å². The molecule has 20 heavy (non-hydrogen) atoms. The van der Waals surface area contributed by atoms with E-state index in [9.17, 15) is 4.39 Å². The zero-order valence-corrected chi connectivity index (χ0v) is 10.7. The number of nitrogens with zero attached hydrogens (tertiary/aromatic N) is 3. The number of rotatable bonds is 3. The van der Waals surface area contributed by atoms with E-state index in [-0.39, 0.29) is 5.82 Å². The summed E-state index contributed by atoms with van der Waals surface area (Å²) in [6, 6.07) is 10.1. The van der Waals surface area contributed by atoms with Crippen LogP contribution in [0, 0.1) is 5.82 Å². The van der Waals surface area contributed by atoms with Gasteiger partial charge >= 0.3 is 0 Å². The molecule has 0 fully saturated rings. The molecule has 0 aliphatic carbocycles. The average Bonchev–Trinajstić information content (AvgIpc) is 2.83. The number of aromatic nitrogens is 3. The maximum absolute atomic E-state index is 12.9. The first-order valence-electron chi connectivity index (χ1n) is 6.20. The van der Waals surface area contributed by atoms with Gasteiger partial charge in [-0.15, -0.1) is 0 Å². The SMILES string of the molecule is Nc1cn(Cc2ccc(F)cc2)nc1-c1cccnc1. The Balaban J connectivity index is 1.87. The van der Waals surface area contributed by atoms with Gasteiger partial charge in [-0.25, -0.2) is 4.39 Å². The minimum Gasteiger partial charge on any atom is -0.396 e. The quantitative estimate of drug-likeness (QED) is 0.794. The monoisotopic (exact) mass is 268 g/mol. The largest absolute Gasteiger partial charge is 0.396 e. The molecule has 2 aromatic heterocycles. The number of benzene rings is 1. The molecule has 1 aromatic carbocycles. The molecular formula is C15H13FN4. The van der Waals surface area contributed by atoms with Crippen molar-refractivity contribution in [3.63, 3.8) is 0 Å². The third kappa shape index (κ3) is 2.51. The van der Waals surface area contributed by atoms with Crippen LogP contribution < -0.4 is 5.73 Å². The molecule has 0 saturated carbocycles. The molecule has 5 heteroatoms. The van der Waals surface area contributed by atoms with Crippen molar-refractivity contribution in [3.8, 4) is 11.3 Å². The minimum absolute atomic E-state index is 0.246. The van der Waals surface area contributed by atoms with Gasteiger partial charge in [-0.2, -0.15) is 5.10 Å². The second kappa shape index (κ2) is 5.13. The van der Waals surface area contributed by atoms with E-state index in [1.807, 2.05) is 12.1 Å². The molecular weight excluding hydrogens is 255 g/mol. The molecule has 0 saturated heterocycles. The predicted molar refractivity (Wildman–Crippen MR) is 75.4 cm³/mol. The van der Waals surface area contributed by atoms with E-state index >= 15 is 0 Å². The number of halogens is 1. The van der Waals surface area contributed by atoms with Crippen molar-refractivity contribution in [2.75, 3.05) is 5.73 Å². The summed E-state index contributed by atoms with van der Waals surface area (Å²) in [6.45, 7) is 0.546. The average molecular weight is 268 g/mol. The van der Waals surface area contributed by atoms with Gasteiger partial charge in [-0.3, -0.25) is 9.67 Å². The lowest BCUT2D eigenvalue weighted by molar-refractivity contribution is 0.624. The Hall–Kier alpha value is -2.69. The van der Waals surface area contributed by atoms with Crippen molar-refractivity contribution in [2.45, 2.75) is 6.54 Å². The van der Waals surface area contributed by atoms with Gasteiger partial charge in [0.2, 0.25) is 0 Å². The standard InChI is InChI=1S/C15H13FN4/c16-13-5-3-11(4-6-13)9-20-10-14(17)15(19-20)12-2-1-7-18-8-12/h1-8,10H,9,17H2. The number of pyridine rings is 1. The third-order valence-corrected chi connectivity index (χ3v) is 2.98. The second-order valence-corrected chi connectivity index (χ2v) is 4.50. The van der Waals surface area contributed by atoms with E-state index in [0.717, 1.165) is 11.1 Å². The first kappa shape index (κ1) is 12.3. The maximum Gasteiger partial charge on any atom is 0.123 e. The summed E-state index contributed by atoms with van der Waals surface area (Å²) in [7, 11) is 0. The van der Waals surface area contributed by atoms with Gasteiger partial charge in [-0.1, -0.05) is 12.1 Å². The van der Waals surface area contributed by atoms with Crippen LogP contribution in [-0.2, 0) is 6.54 Å². The van der Waals surface area contributed by atoms with Crippen LogP contribution in [0.15, 0.2) is 55.0 Å². The van der Waals surface area contributed by atoms with E-state index in [2.05, 4.69) is 10.1 Å². The fourth-order valence-electron chi connectivity index (χ4n) is 2.02. The smallest absolute Gasteiger partial charge is 0.123 e. The van der Waals surface area contributed by atoms with Crippen LogP contribution in [0.3, 0.4) is 0 Å². The molecule has 4 nitrogen and oxygen atoms in total. The Bertz CT molecular complexity index is 704. The van der Waals surface area contributed by atoms with Crippen LogP contribution in [0.5, 0.6) is 0 Å². The first-order valence-corrected chi connectivity index (χ1v) is 6.20. The van der Waals surface area contributed by atoms with Gasteiger partial charge in [0.25, 0.3) is 0 Å². The van der Waals surface area contributed by atoms with E-state index in [4.69, 9.17) is 5.73 Å². The molecule has 2 heterocycles. The van der Waals surface area contributed by atoms with Gasteiger partial charge in [-0.05, 0) is 29.8 Å². The van der Waals surface area contributed by atoms with Crippen molar-refractivity contribution in [3.05, 3.63) is 66.4 Å². The Morgan fingerprint density at radius 3 is 2.65 bits per heavy atom. The van der Waals surface area contributed by atoms with Crippen LogP contribution in [0.2, 0.25) is 0 Å². The molecule has 0 radical (unpaired) electrons. The van der Waals surface area contributed by atoms with Crippen molar-refractivity contribution >= 4 is 5.69 Å². The van der Waals surface area contributed by atoms with Crippen LogP contribution in [-0.4, -0.2) is 14.8 Å². The van der Waals surface area contributed by atoms with E-state index < -0.39 is 0 Å². The van der Waals surface area contributed by atoms with Crippen molar-refractivity contribution in [1.29, 1.82) is 0 Å². The van der Waals surface area contributed by atoms with E-state index in [1.165, 1.54) is 12.1 Å². The number of nitrogen functional groups attached to an aromatic ring is 1. The van der Waals surface area contributed by atoms with Gasteiger partial charge in [0, 0.05) is 24.2 Å². The molecule has 100 valence electrons. The second-order valence-electron chi connectivity index (χ2n) is 4.50. The molecule has 2 N–H and O–H groups in total. The summed E-state index contributed by atoms with van der Waals surface area (Å²) in [5.41, 5.74) is 9.13. The van der Waals surface area contributed by atoms with Crippen molar-refractivity contribution in [2.24, 2.45) is 0 Å². The third-order valence-electron chi connectivity index (χ3n) is 2.98. The highest BCUT2D eigenvalue weighted by Crippen LogP contribution is 2.23. The van der Waals surface area contributed by atoms with Gasteiger partial charge < -0.3 is 5.73 Å². The zero-order chi connectivity index (χ0) is 13.9. The lowest BCUT2D eigenvalue weighted by Crippen LogP contribution is -2.00. The summed E-state index contributed by atoms with van der Waals surface area (Å²) in [5, 5.41) is 4.46. The van der Waals surface area contributed by atoms with Gasteiger partial charge in [0.05, 0.1) is 12.2 Å². The first-order chi connectivity index (χ1) is 9.72. The topological polar surface area (TPSA) is 56.7 Å². The molecule has 0 aliphatic rings. The molecule has 3 aromatic rings. The Labute approximate surface area is 115 Å². The molecule has 0 unspecified atom stereocenters. The lowest BCUT2D eigenvalue weighted by atomic mass is 10.2.